The molecule has 0 heterocycles. The van der Waals surface area contributed by atoms with Gasteiger partial charge < -0.3 is 30.1 Å². The van der Waals surface area contributed by atoms with Crippen LogP contribution in [-0.4, -0.2) is 56.9 Å². The lowest BCUT2D eigenvalue weighted by Gasteiger charge is -2.25. The molecular weight excluding hydrogens is 378 g/mol. The zero-order valence-corrected chi connectivity index (χ0v) is 16.1. The number of aromatic hydroxyl groups is 4. The van der Waals surface area contributed by atoms with Crippen molar-refractivity contribution in [2.24, 2.45) is 0 Å². The highest BCUT2D eigenvalue weighted by atomic mass is 16.5. The van der Waals surface area contributed by atoms with Crippen molar-refractivity contribution in [2.75, 3.05) is 13.7 Å². The summed E-state index contributed by atoms with van der Waals surface area (Å²) in [4.78, 5) is 26.2. The minimum atomic E-state index is -0.954. The zero-order valence-electron chi connectivity index (χ0n) is 16.1. The molecule has 2 aromatic rings. The number of likely N-dealkylation sites (N-methyl/N-ethyl adjacent to an activating group) is 1. The van der Waals surface area contributed by atoms with E-state index in [1.165, 1.54) is 60.5 Å². The van der Waals surface area contributed by atoms with E-state index < -0.39 is 17.9 Å². The molecule has 1 amide bonds. The molecule has 0 aliphatic carbocycles. The number of carbonyl (C=O) groups is 2. The normalized spacial score (nSPS) is 11.9. The van der Waals surface area contributed by atoms with Crippen LogP contribution in [0.5, 0.6) is 23.0 Å². The third-order valence-corrected chi connectivity index (χ3v) is 4.26. The number of hydrogen-bond donors (Lipinski definition) is 4. The number of carbonyl (C=O) groups excluding carboxylic acids is 2. The lowest BCUT2D eigenvalue weighted by molar-refractivity contribution is -0.152. The van der Waals surface area contributed by atoms with Gasteiger partial charge in [-0.3, -0.25) is 4.79 Å². The van der Waals surface area contributed by atoms with Gasteiger partial charge in [0, 0.05) is 19.5 Å². The van der Waals surface area contributed by atoms with Crippen molar-refractivity contribution in [1.82, 2.24) is 4.90 Å². The first-order valence-corrected chi connectivity index (χ1v) is 8.87. The van der Waals surface area contributed by atoms with Gasteiger partial charge in [-0.1, -0.05) is 12.1 Å². The number of amides is 1. The first-order valence-electron chi connectivity index (χ1n) is 8.87. The summed E-state index contributed by atoms with van der Waals surface area (Å²) in [6.07, 6.45) is 2.74. The fourth-order valence-corrected chi connectivity index (χ4v) is 2.62. The van der Waals surface area contributed by atoms with Gasteiger partial charge in [-0.2, -0.15) is 0 Å². The van der Waals surface area contributed by atoms with Crippen molar-refractivity contribution >= 4 is 18.0 Å². The van der Waals surface area contributed by atoms with Crippen LogP contribution in [0, 0.1) is 0 Å². The quantitative estimate of drug-likeness (QED) is 0.318. The van der Waals surface area contributed by atoms with Gasteiger partial charge >= 0.3 is 5.97 Å². The Morgan fingerprint density at radius 1 is 1.00 bits per heavy atom. The smallest absolute Gasteiger partial charge is 0.329 e. The highest BCUT2D eigenvalue weighted by Crippen LogP contribution is 2.27. The number of ether oxygens (including phenoxy) is 1. The topological polar surface area (TPSA) is 128 Å². The van der Waals surface area contributed by atoms with Crippen LogP contribution in [0.4, 0.5) is 0 Å². The van der Waals surface area contributed by atoms with Crippen LogP contribution in [0.1, 0.15) is 18.1 Å². The van der Waals surface area contributed by atoms with Crippen LogP contribution >= 0.6 is 0 Å². The Morgan fingerprint density at radius 2 is 1.62 bits per heavy atom. The molecule has 4 N–H and O–H groups in total. The lowest BCUT2D eigenvalue weighted by Crippen LogP contribution is -2.44. The highest BCUT2D eigenvalue weighted by molar-refractivity contribution is 5.94. The predicted molar refractivity (Wildman–Crippen MR) is 105 cm³/mol. The molecule has 0 fully saturated rings. The third kappa shape index (κ3) is 5.65. The maximum absolute atomic E-state index is 12.6. The van der Waals surface area contributed by atoms with Gasteiger partial charge in [0.05, 0.1) is 6.61 Å². The van der Waals surface area contributed by atoms with Crippen LogP contribution in [0.3, 0.4) is 0 Å². The summed E-state index contributed by atoms with van der Waals surface area (Å²) >= 11 is 0. The molecule has 154 valence electrons. The van der Waals surface area contributed by atoms with E-state index >= 15 is 0 Å². The van der Waals surface area contributed by atoms with E-state index in [-0.39, 0.29) is 36.0 Å². The van der Waals surface area contributed by atoms with Crippen molar-refractivity contribution in [3.05, 3.63) is 53.6 Å². The summed E-state index contributed by atoms with van der Waals surface area (Å²) < 4.78 is 5.06. The molecule has 0 unspecified atom stereocenters. The first kappa shape index (κ1) is 21.6. The maximum atomic E-state index is 12.6. The summed E-state index contributed by atoms with van der Waals surface area (Å²) in [5.74, 6) is -2.29. The molecule has 2 aromatic carbocycles. The standard InChI is InChI=1S/C21H23NO7/c1-3-29-21(28)15(10-14-5-8-17(24)19(26)12-14)22(2)20(27)9-6-13-4-7-16(23)18(25)11-13/h4-9,11-12,15,23-26H,3,10H2,1-2H3/t15-/m1/s1. The SMILES string of the molecule is CCOC(=O)[C@@H](Cc1ccc(O)c(O)c1)N(C)C(=O)C=Cc1ccc(O)c(O)c1. The van der Waals surface area contributed by atoms with E-state index in [0.29, 0.717) is 11.1 Å². The monoisotopic (exact) mass is 401 g/mol. The third-order valence-electron chi connectivity index (χ3n) is 4.26. The largest absolute Gasteiger partial charge is 0.504 e. The summed E-state index contributed by atoms with van der Waals surface area (Å²) in [6.45, 7) is 1.79. The second-order valence-electron chi connectivity index (χ2n) is 6.33. The second kappa shape index (κ2) is 9.50. The van der Waals surface area contributed by atoms with E-state index in [4.69, 9.17) is 4.74 Å². The maximum Gasteiger partial charge on any atom is 0.329 e. The Balaban J connectivity index is 2.20. The van der Waals surface area contributed by atoms with Gasteiger partial charge in [-0.15, -0.1) is 0 Å². The van der Waals surface area contributed by atoms with Crippen molar-refractivity contribution in [2.45, 2.75) is 19.4 Å². The van der Waals surface area contributed by atoms with Gasteiger partial charge in [0.25, 0.3) is 0 Å². The van der Waals surface area contributed by atoms with Gasteiger partial charge in [0.15, 0.2) is 23.0 Å². The number of phenolic OH excluding ortho intramolecular Hbond substituents is 4. The molecule has 0 bridgehead atoms. The van der Waals surface area contributed by atoms with Gasteiger partial charge in [-0.25, -0.2) is 4.79 Å². The summed E-state index contributed by atoms with van der Waals surface area (Å²) in [7, 11) is 1.45. The Morgan fingerprint density at radius 3 is 2.21 bits per heavy atom. The first-order chi connectivity index (χ1) is 13.7. The molecule has 0 aromatic heterocycles. The fraction of sp³-hybridized carbons (Fsp3) is 0.238. The summed E-state index contributed by atoms with van der Waals surface area (Å²) in [5, 5.41) is 38.0. The van der Waals surface area contributed by atoms with E-state index in [2.05, 4.69) is 0 Å². The summed E-state index contributed by atoms with van der Waals surface area (Å²) in [5.41, 5.74) is 1.02. The van der Waals surface area contributed by atoms with Crippen LogP contribution < -0.4 is 0 Å². The molecule has 1 atom stereocenters. The lowest BCUT2D eigenvalue weighted by atomic mass is 10.0. The number of esters is 1. The van der Waals surface area contributed by atoms with E-state index in [0.717, 1.165) is 0 Å². The average Bonchev–Trinajstić information content (AvgIpc) is 2.69. The zero-order chi connectivity index (χ0) is 21.6. The number of nitrogens with zero attached hydrogens (tertiary/aromatic N) is 1. The molecule has 2 rings (SSSR count). The Labute approximate surface area is 167 Å². The predicted octanol–water partition coefficient (Wildman–Crippen LogP) is 2.16. The van der Waals surface area contributed by atoms with Gasteiger partial charge in [0.1, 0.15) is 6.04 Å². The molecule has 0 aliphatic heterocycles. The number of rotatable bonds is 7. The van der Waals surface area contributed by atoms with Crippen LogP contribution in [0.25, 0.3) is 6.08 Å². The van der Waals surface area contributed by atoms with Crippen LogP contribution in [-0.2, 0) is 20.7 Å². The minimum Gasteiger partial charge on any atom is -0.504 e. The van der Waals surface area contributed by atoms with E-state index in [9.17, 15) is 30.0 Å². The molecule has 0 aliphatic rings. The van der Waals surface area contributed by atoms with Gasteiger partial charge in [0.2, 0.25) is 5.91 Å². The average molecular weight is 401 g/mol. The highest BCUT2D eigenvalue weighted by Gasteiger charge is 2.27. The van der Waals surface area contributed by atoms with Crippen molar-refractivity contribution in [1.29, 1.82) is 0 Å². The van der Waals surface area contributed by atoms with Crippen LogP contribution in [0.2, 0.25) is 0 Å². The van der Waals surface area contributed by atoms with Crippen molar-refractivity contribution in [3.8, 4) is 23.0 Å². The van der Waals surface area contributed by atoms with Crippen LogP contribution in [0.15, 0.2) is 42.5 Å². The van der Waals surface area contributed by atoms with Crippen molar-refractivity contribution < 1.29 is 34.8 Å². The Kier molecular flexibility index (Phi) is 7.08. The Bertz CT molecular complexity index is 923. The molecule has 0 saturated heterocycles. The fourth-order valence-electron chi connectivity index (χ4n) is 2.62. The number of hydrogen-bond acceptors (Lipinski definition) is 7. The minimum absolute atomic E-state index is 0.0722. The molecule has 8 heteroatoms. The molecule has 0 saturated carbocycles. The molecule has 0 spiro atoms. The van der Waals surface area contributed by atoms with Crippen molar-refractivity contribution in [3.63, 3.8) is 0 Å². The molecule has 0 radical (unpaired) electrons. The Hall–Kier alpha value is -3.68. The van der Waals surface area contributed by atoms with E-state index in [1.807, 2.05) is 0 Å². The molecule has 29 heavy (non-hydrogen) atoms. The second-order valence-corrected chi connectivity index (χ2v) is 6.33. The molecule has 8 nitrogen and oxygen atoms in total. The van der Waals surface area contributed by atoms with E-state index in [1.54, 1.807) is 6.92 Å². The number of phenols is 4. The number of benzene rings is 2. The summed E-state index contributed by atoms with van der Waals surface area (Å²) in [6, 6.07) is 7.30. The van der Waals surface area contributed by atoms with Gasteiger partial charge in [-0.05, 0) is 48.4 Å². The molecular formula is C21H23NO7.